The zero-order valence-electron chi connectivity index (χ0n) is 11.5. The third kappa shape index (κ3) is 2.76. The number of nitrogens with zero attached hydrogens (tertiary/aromatic N) is 1. The van der Waals surface area contributed by atoms with Crippen LogP contribution in [0.4, 0.5) is 0 Å². The van der Waals surface area contributed by atoms with Gasteiger partial charge in [-0.25, -0.2) is 0 Å². The van der Waals surface area contributed by atoms with Crippen LogP contribution in [0.15, 0.2) is 41.3 Å². The molecule has 5 heteroatoms. The first-order chi connectivity index (χ1) is 10.3. The Morgan fingerprint density at radius 2 is 2.10 bits per heavy atom. The van der Waals surface area contributed by atoms with Crippen LogP contribution in [0.25, 0.3) is 0 Å². The van der Waals surface area contributed by atoms with Crippen LogP contribution in [0.2, 0.25) is 0 Å². The average molecular weight is 299 g/mol. The second-order valence-corrected chi connectivity index (χ2v) is 5.60. The van der Waals surface area contributed by atoms with Gasteiger partial charge >= 0.3 is 0 Å². The average Bonchev–Trinajstić information content (AvgIpc) is 2.95. The van der Waals surface area contributed by atoms with Crippen LogP contribution in [0, 0.1) is 11.3 Å². The number of fused-ring (bicyclic) bond motifs is 1. The van der Waals surface area contributed by atoms with E-state index >= 15 is 0 Å². The van der Waals surface area contributed by atoms with E-state index < -0.39 is 0 Å². The molecule has 0 saturated heterocycles. The predicted molar refractivity (Wildman–Crippen MR) is 80.2 cm³/mol. The monoisotopic (exact) mass is 299 g/mol. The zero-order valence-corrected chi connectivity index (χ0v) is 12.3. The van der Waals surface area contributed by atoms with E-state index in [4.69, 9.17) is 14.2 Å². The Balaban J connectivity index is 1.91. The quantitative estimate of drug-likeness (QED) is 0.792. The summed E-state index contributed by atoms with van der Waals surface area (Å²) < 4.78 is 16.4. The van der Waals surface area contributed by atoms with Gasteiger partial charge in [0.2, 0.25) is 6.79 Å². The van der Waals surface area contributed by atoms with E-state index in [0.717, 1.165) is 10.6 Å². The van der Waals surface area contributed by atoms with Crippen molar-refractivity contribution in [2.75, 3.05) is 12.5 Å². The largest absolute Gasteiger partial charge is 0.456 e. The minimum Gasteiger partial charge on any atom is -0.456 e. The van der Waals surface area contributed by atoms with Gasteiger partial charge < -0.3 is 14.2 Å². The highest BCUT2D eigenvalue weighted by Gasteiger charge is 2.15. The second-order valence-electron chi connectivity index (χ2n) is 4.29. The van der Waals surface area contributed by atoms with Crippen LogP contribution in [0.5, 0.6) is 23.0 Å². The van der Waals surface area contributed by atoms with E-state index in [9.17, 15) is 5.26 Å². The highest BCUT2D eigenvalue weighted by Crippen LogP contribution is 2.38. The van der Waals surface area contributed by atoms with E-state index in [1.165, 1.54) is 0 Å². The van der Waals surface area contributed by atoms with Crippen molar-refractivity contribution < 1.29 is 14.2 Å². The number of benzene rings is 2. The van der Waals surface area contributed by atoms with Crippen molar-refractivity contribution in [1.82, 2.24) is 0 Å². The van der Waals surface area contributed by atoms with Crippen LogP contribution >= 0.6 is 11.8 Å². The third-order valence-electron chi connectivity index (χ3n) is 2.97. The zero-order chi connectivity index (χ0) is 14.7. The highest BCUT2D eigenvalue weighted by atomic mass is 32.2. The smallest absolute Gasteiger partial charge is 0.231 e. The lowest BCUT2D eigenvalue weighted by atomic mass is 10.2. The molecule has 3 rings (SSSR count). The fourth-order valence-corrected chi connectivity index (χ4v) is 2.83. The molecule has 0 atom stereocenters. The topological polar surface area (TPSA) is 51.5 Å². The van der Waals surface area contributed by atoms with Crippen molar-refractivity contribution in [3.8, 4) is 29.1 Å². The maximum atomic E-state index is 9.37. The molecule has 0 N–H and O–H groups in total. The molecule has 1 aliphatic heterocycles. The van der Waals surface area contributed by atoms with Crippen molar-refractivity contribution in [2.45, 2.75) is 11.8 Å². The van der Waals surface area contributed by atoms with Crippen LogP contribution in [-0.2, 0) is 0 Å². The van der Waals surface area contributed by atoms with Crippen molar-refractivity contribution >= 4 is 11.8 Å². The first-order valence-corrected chi connectivity index (χ1v) is 7.54. The minimum atomic E-state index is 0.227. The molecule has 106 valence electrons. The van der Waals surface area contributed by atoms with Crippen LogP contribution in [0.1, 0.15) is 12.5 Å². The van der Waals surface area contributed by atoms with Gasteiger partial charge in [-0.05, 0) is 30.0 Å². The van der Waals surface area contributed by atoms with E-state index in [1.54, 1.807) is 36.0 Å². The summed E-state index contributed by atoms with van der Waals surface area (Å²) in [6.45, 7) is 2.28. The van der Waals surface area contributed by atoms with Crippen molar-refractivity contribution in [1.29, 1.82) is 5.26 Å². The van der Waals surface area contributed by atoms with Gasteiger partial charge in [-0.3, -0.25) is 0 Å². The Morgan fingerprint density at radius 1 is 1.24 bits per heavy atom. The molecule has 0 radical (unpaired) electrons. The molecule has 0 amide bonds. The molecule has 4 nitrogen and oxygen atoms in total. The summed E-state index contributed by atoms with van der Waals surface area (Å²) in [4.78, 5) is 0.929. The summed E-state index contributed by atoms with van der Waals surface area (Å²) >= 11 is 1.62. The molecule has 0 fully saturated rings. The van der Waals surface area contributed by atoms with Crippen LogP contribution < -0.4 is 14.2 Å². The molecular formula is C16H13NO3S. The van der Waals surface area contributed by atoms with Gasteiger partial charge in [0.05, 0.1) is 0 Å². The summed E-state index contributed by atoms with van der Waals surface area (Å²) in [5, 5.41) is 9.37. The second kappa shape index (κ2) is 5.98. The molecule has 0 unspecified atom stereocenters. The number of hydrogen-bond donors (Lipinski definition) is 0. The Morgan fingerprint density at radius 3 is 2.90 bits per heavy atom. The molecule has 21 heavy (non-hydrogen) atoms. The van der Waals surface area contributed by atoms with Gasteiger partial charge in [-0.1, -0.05) is 13.0 Å². The number of hydrogen-bond acceptors (Lipinski definition) is 5. The van der Waals surface area contributed by atoms with Gasteiger partial charge in [-0.2, -0.15) is 5.26 Å². The number of ether oxygens (including phenoxy) is 3. The molecular weight excluding hydrogens is 286 g/mol. The molecule has 1 heterocycles. The van der Waals surface area contributed by atoms with Gasteiger partial charge in [0.1, 0.15) is 23.1 Å². The fraction of sp³-hybridized carbons (Fsp3) is 0.188. The first-order valence-electron chi connectivity index (χ1n) is 6.55. The Bertz CT molecular complexity index is 709. The third-order valence-corrected chi connectivity index (χ3v) is 3.91. The SMILES string of the molecule is CCSc1cccc(Oc2ccc3c(c2)OCO3)c1C#N. The Hall–Kier alpha value is -2.32. The van der Waals surface area contributed by atoms with E-state index in [2.05, 4.69) is 13.0 Å². The normalized spacial score (nSPS) is 12.0. The van der Waals surface area contributed by atoms with E-state index in [1.807, 2.05) is 12.1 Å². The van der Waals surface area contributed by atoms with Gasteiger partial charge in [-0.15, -0.1) is 11.8 Å². The highest BCUT2D eigenvalue weighted by molar-refractivity contribution is 7.99. The lowest BCUT2D eigenvalue weighted by molar-refractivity contribution is 0.174. The van der Waals surface area contributed by atoms with Gasteiger partial charge in [0.25, 0.3) is 0 Å². The maximum absolute atomic E-state index is 9.37. The summed E-state index contributed by atoms with van der Waals surface area (Å²) in [6.07, 6.45) is 0. The molecule has 2 aromatic rings. The molecule has 1 aliphatic rings. The van der Waals surface area contributed by atoms with Crippen LogP contribution in [0.3, 0.4) is 0 Å². The lowest BCUT2D eigenvalue weighted by Gasteiger charge is -2.10. The lowest BCUT2D eigenvalue weighted by Crippen LogP contribution is -1.93. The molecule has 0 aliphatic carbocycles. The number of rotatable bonds is 4. The van der Waals surface area contributed by atoms with E-state index in [-0.39, 0.29) is 6.79 Å². The summed E-state index contributed by atoms with van der Waals surface area (Å²) in [5.74, 6) is 3.44. The minimum absolute atomic E-state index is 0.227. The van der Waals surface area contributed by atoms with Gasteiger partial charge in [0.15, 0.2) is 11.5 Å². The fourth-order valence-electron chi connectivity index (χ4n) is 2.05. The molecule has 0 spiro atoms. The number of nitriles is 1. The van der Waals surface area contributed by atoms with Gasteiger partial charge in [0, 0.05) is 11.0 Å². The maximum Gasteiger partial charge on any atom is 0.231 e. The molecule has 0 saturated carbocycles. The van der Waals surface area contributed by atoms with Crippen LogP contribution in [-0.4, -0.2) is 12.5 Å². The molecule has 2 aromatic carbocycles. The summed E-state index contributed by atoms with van der Waals surface area (Å²) in [7, 11) is 0. The summed E-state index contributed by atoms with van der Waals surface area (Å²) in [5.41, 5.74) is 0.557. The number of thioether (sulfide) groups is 1. The van der Waals surface area contributed by atoms with Crippen molar-refractivity contribution in [2.24, 2.45) is 0 Å². The standard InChI is InChI=1S/C16H13NO3S/c1-2-21-16-5-3-4-13(12(16)9-17)20-11-6-7-14-15(8-11)19-10-18-14/h3-8H,2,10H2,1H3. The molecule has 0 bridgehead atoms. The van der Waals surface area contributed by atoms with E-state index in [0.29, 0.717) is 28.6 Å². The first kappa shape index (κ1) is 13.7. The molecule has 0 aromatic heterocycles. The summed E-state index contributed by atoms with van der Waals surface area (Å²) in [6, 6.07) is 13.2. The predicted octanol–water partition coefficient (Wildman–Crippen LogP) is 4.19. The van der Waals surface area contributed by atoms with Crippen molar-refractivity contribution in [3.05, 3.63) is 42.0 Å². The van der Waals surface area contributed by atoms with Crippen molar-refractivity contribution in [3.63, 3.8) is 0 Å². The Kier molecular flexibility index (Phi) is 3.89. The Labute approximate surface area is 127 Å².